The number of methoxy groups -OCH3 is 1. The Morgan fingerprint density at radius 2 is 2.04 bits per heavy atom. The molecule has 3 rings (SSSR count). The summed E-state index contributed by atoms with van der Waals surface area (Å²) in [4.78, 5) is 0. The molecule has 0 atom stereocenters. The van der Waals surface area contributed by atoms with Gasteiger partial charge >= 0.3 is 0 Å². The van der Waals surface area contributed by atoms with E-state index in [-0.39, 0.29) is 11.6 Å². The van der Waals surface area contributed by atoms with Crippen LogP contribution in [0, 0.1) is 5.82 Å². The minimum Gasteiger partial charge on any atom is -0.494 e. The molecule has 130 valence electrons. The predicted octanol–water partition coefficient (Wildman–Crippen LogP) is 5.28. The molecule has 25 heavy (non-hydrogen) atoms. The van der Waals surface area contributed by atoms with Gasteiger partial charge in [-0.05, 0) is 35.7 Å². The first-order valence-electron chi connectivity index (χ1n) is 7.83. The van der Waals surface area contributed by atoms with Crippen molar-refractivity contribution in [2.45, 2.75) is 23.4 Å². The van der Waals surface area contributed by atoms with Gasteiger partial charge in [-0.2, -0.15) is 0 Å². The van der Waals surface area contributed by atoms with Crippen LogP contribution in [0.4, 0.5) is 15.2 Å². The number of hydrogen-bond acceptors (Lipinski definition) is 6. The lowest BCUT2D eigenvalue weighted by Crippen LogP contribution is -1.94. The molecule has 2 aromatic carbocycles. The molecule has 0 bridgehead atoms. The Balaban J connectivity index is 1.63. The Kier molecular flexibility index (Phi) is 5.88. The summed E-state index contributed by atoms with van der Waals surface area (Å²) in [5.74, 6) is 0.531. The lowest BCUT2D eigenvalue weighted by molar-refractivity contribution is 0.386. The number of ether oxygens (including phenoxy) is 1. The largest absolute Gasteiger partial charge is 0.494 e. The molecule has 0 aliphatic rings. The molecule has 0 amide bonds. The van der Waals surface area contributed by atoms with Crippen LogP contribution in [0.15, 0.2) is 46.8 Å². The number of thioether (sulfide) groups is 1. The van der Waals surface area contributed by atoms with Crippen LogP contribution in [0.1, 0.15) is 18.1 Å². The fourth-order valence-corrected chi connectivity index (χ4v) is 4.04. The summed E-state index contributed by atoms with van der Waals surface area (Å²) in [5.41, 5.74) is 3.17. The van der Waals surface area contributed by atoms with Crippen LogP contribution in [-0.2, 0) is 12.2 Å². The van der Waals surface area contributed by atoms with E-state index in [9.17, 15) is 4.39 Å². The zero-order valence-electron chi connectivity index (χ0n) is 14.0. The van der Waals surface area contributed by atoms with Crippen molar-refractivity contribution in [3.8, 4) is 5.75 Å². The highest BCUT2D eigenvalue weighted by Gasteiger charge is 2.09. The third-order valence-electron chi connectivity index (χ3n) is 3.62. The van der Waals surface area contributed by atoms with Crippen molar-refractivity contribution in [3.05, 3.63) is 59.4 Å². The van der Waals surface area contributed by atoms with E-state index in [1.165, 1.54) is 41.8 Å². The molecule has 1 heterocycles. The van der Waals surface area contributed by atoms with Gasteiger partial charge in [-0.1, -0.05) is 54.3 Å². The van der Waals surface area contributed by atoms with E-state index in [1.54, 1.807) is 6.07 Å². The van der Waals surface area contributed by atoms with E-state index in [1.807, 2.05) is 24.3 Å². The summed E-state index contributed by atoms with van der Waals surface area (Å²) in [6.45, 7) is 2.12. The highest BCUT2D eigenvalue weighted by Crippen LogP contribution is 2.31. The van der Waals surface area contributed by atoms with Crippen molar-refractivity contribution in [2.24, 2.45) is 0 Å². The number of anilines is 2. The molecule has 7 heteroatoms. The van der Waals surface area contributed by atoms with Gasteiger partial charge in [0, 0.05) is 11.4 Å². The zero-order chi connectivity index (χ0) is 17.6. The fourth-order valence-electron chi connectivity index (χ4n) is 2.33. The van der Waals surface area contributed by atoms with Crippen molar-refractivity contribution in [1.29, 1.82) is 0 Å². The number of nitrogens with zero attached hydrogens (tertiary/aromatic N) is 2. The average Bonchev–Trinajstić information content (AvgIpc) is 3.08. The van der Waals surface area contributed by atoms with Crippen LogP contribution in [0.25, 0.3) is 0 Å². The van der Waals surface area contributed by atoms with Crippen molar-refractivity contribution >= 4 is 33.9 Å². The van der Waals surface area contributed by atoms with E-state index >= 15 is 0 Å². The second-order valence-corrected chi connectivity index (χ2v) is 7.47. The van der Waals surface area contributed by atoms with Crippen molar-refractivity contribution in [3.63, 3.8) is 0 Å². The van der Waals surface area contributed by atoms with Gasteiger partial charge in [0.25, 0.3) is 0 Å². The second kappa shape index (κ2) is 8.31. The molecule has 1 aromatic heterocycles. The zero-order valence-corrected chi connectivity index (χ0v) is 15.6. The van der Waals surface area contributed by atoms with E-state index in [0.717, 1.165) is 27.1 Å². The quantitative estimate of drug-likeness (QED) is 0.569. The lowest BCUT2D eigenvalue weighted by atomic mass is 10.1. The summed E-state index contributed by atoms with van der Waals surface area (Å²) in [6, 6.07) is 13.1. The number of hydrogen-bond donors (Lipinski definition) is 1. The van der Waals surface area contributed by atoms with Crippen LogP contribution in [0.3, 0.4) is 0 Å². The minimum atomic E-state index is -0.351. The molecule has 0 unspecified atom stereocenters. The van der Waals surface area contributed by atoms with Crippen LogP contribution < -0.4 is 10.1 Å². The van der Waals surface area contributed by atoms with Crippen molar-refractivity contribution < 1.29 is 9.13 Å². The van der Waals surface area contributed by atoms with Crippen molar-refractivity contribution in [2.75, 3.05) is 12.4 Å². The van der Waals surface area contributed by atoms with E-state index in [0.29, 0.717) is 5.75 Å². The van der Waals surface area contributed by atoms with Gasteiger partial charge < -0.3 is 10.1 Å². The maximum Gasteiger partial charge on any atom is 0.210 e. The number of nitrogens with one attached hydrogen (secondary N) is 1. The molecule has 4 nitrogen and oxygen atoms in total. The number of rotatable bonds is 7. The highest BCUT2D eigenvalue weighted by molar-refractivity contribution is 8.00. The topological polar surface area (TPSA) is 47.0 Å². The Labute approximate surface area is 154 Å². The summed E-state index contributed by atoms with van der Waals surface area (Å²) >= 11 is 3.02. The van der Waals surface area contributed by atoms with Crippen LogP contribution >= 0.6 is 23.1 Å². The third-order valence-corrected chi connectivity index (χ3v) is 5.67. The Morgan fingerprint density at radius 3 is 2.80 bits per heavy atom. The van der Waals surface area contributed by atoms with E-state index in [4.69, 9.17) is 4.74 Å². The number of para-hydroxylation sites is 1. The van der Waals surface area contributed by atoms with Gasteiger partial charge in [0.1, 0.15) is 0 Å². The normalized spacial score (nSPS) is 10.7. The second-order valence-electron chi connectivity index (χ2n) is 5.27. The molecule has 0 saturated carbocycles. The van der Waals surface area contributed by atoms with Crippen molar-refractivity contribution in [1.82, 2.24) is 10.2 Å². The number of aromatic nitrogens is 2. The molecule has 0 aliphatic heterocycles. The Hall–Kier alpha value is -2.12. The van der Waals surface area contributed by atoms with Crippen LogP contribution in [-0.4, -0.2) is 17.3 Å². The molecule has 1 N–H and O–H groups in total. The van der Waals surface area contributed by atoms with Gasteiger partial charge in [-0.15, -0.1) is 10.2 Å². The smallest absolute Gasteiger partial charge is 0.210 e. The van der Waals surface area contributed by atoms with Gasteiger partial charge in [-0.3, -0.25) is 0 Å². The number of benzene rings is 2. The molecular formula is C18H18FN3OS2. The van der Waals surface area contributed by atoms with Crippen LogP contribution in [0.2, 0.25) is 0 Å². The number of halogens is 1. The molecule has 0 aliphatic carbocycles. The summed E-state index contributed by atoms with van der Waals surface area (Å²) < 4.78 is 19.5. The first kappa shape index (κ1) is 17.7. The SMILES string of the molecule is CCc1ccccc1Nc1nnc(SCc2ccc(OC)c(F)c2)s1. The Bertz CT molecular complexity index is 854. The van der Waals surface area contributed by atoms with Crippen LogP contribution in [0.5, 0.6) is 5.75 Å². The maximum atomic E-state index is 13.7. The first-order chi connectivity index (χ1) is 12.2. The molecule has 0 fully saturated rings. The van der Waals surface area contributed by atoms with E-state index < -0.39 is 0 Å². The number of aryl methyl sites for hydroxylation is 1. The third kappa shape index (κ3) is 4.49. The van der Waals surface area contributed by atoms with Gasteiger partial charge in [0.15, 0.2) is 15.9 Å². The van der Waals surface area contributed by atoms with Gasteiger partial charge in [-0.25, -0.2) is 4.39 Å². The molecule has 0 spiro atoms. The van der Waals surface area contributed by atoms with Gasteiger partial charge in [0.2, 0.25) is 5.13 Å². The Morgan fingerprint density at radius 1 is 1.20 bits per heavy atom. The van der Waals surface area contributed by atoms with E-state index in [2.05, 4.69) is 28.5 Å². The first-order valence-corrected chi connectivity index (χ1v) is 9.63. The maximum absolute atomic E-state index is 13.7. The summed E-state index contributed by atoms with van der Waals surface area (Å²) in [5, 5.41) is 12.5. The van der Waals surface area contributed by atoms with Gasteiger partial charge in [0.05, 0.1) is 7.11 Å². The monoisotopic (exact) mass is 375 g/mol. The predicted molar refractivity (Wildman–Crippen MR) is 102 cm³/mol. The molecule has 3 aromatic rings. The standard InChI is InChI=1S/C18H18FN3OS2/c1-3-13-6-4-5-7-15(13)20-17-21-22-18(25-17)24-11-12-8-9-16(23-2)14(19)10-12/h4-10H,3,11H2,1-2H3,(H,20,21). The summed E-state index contributed by atoms with van der Waals surface area (Å²) in [6.07, 6.45) is 0.951. The molecule has 0 radical (unpaired) electrons. The fraction of sp³-hybridized carbons (Fsp3) is 0.222. The molecular weight excluding hydrogens is 357 g/mol. The molecule has 0 saturated heterocycles. The average molecular weight is 375 g/mol. The minimum absolute atomic E-state index is 0.255. The summed E-state index contributed by atoms with van der Waals surface area (Å²) in [7, 11) is 1.46. The lowest BCUT2D eigenvalue weighted by Gasteiger charge is -2.07. The highest BCUT2D eigenvalue weighted by atomic mass is 32.2.